The number of ether oxygens (including phenoxy) is 1. The van der Waals surface area contributed by atoms with E-state index in [1.54, 1.807) is 12.1 Å². The van der Waals surface area contributed by atoms with Crippen molar-refractivity contribution < 1.29 is 23.1 Å². The molecule has 8 heteroatoms. The van der Waals surface area contributed by atoms with Gasteiger partial charge in [0.1, 0.15) is 17.3 Å². The van der Waals surface area contributed by atoms with Crippen LogP contribution in [0.25, 0.3) is 0 Å². The number of nitrogens with one attached hydrogen (secondary N) is 2. The standard InChI is InChI=1S/C15H14ClFN2O4/c16-12-6-10(17)3-4-13(12)23-9-15(21)19-8-14(20)18-7-11-2-1-5-22-11/h1-6H,7-9H2,(H,18,20)(H,19,21). The third-order valence-corrected chi connectivity index (χ3v) is 3.03. The molecule has 0 radical (unpaired) electrons. The van der Waals surface area contributed by atoms with Crippen LogP contribution in [-0.4, -0.2) is 25.0 Å². The maximum Gasteiger partial charge on any atom is 0.258 e. The third kappa shape index (κ3) is 5.63. The van der Waals surface area contributed by atoms with Crippen molar-refractivity contribution in [3.8, 4) is 5.75 Å². The molecule has 0 fully saturated rings. The summed E-state index contributed by atoms with van der Waals surface area (Å²) in [6.07, 6.45) is 1.50. The number of furan rings is 1. The van der Waals surface area contributed by atoms with Crippen molar-refractivity contribution >= 4 is 23.4 Å². The SMILES string of the molecule is O=C(CNC(=O)COc1ccc(F)cc1Cl)NCc1ccco1. The lowest BCUT2D eigenvalue weighted by molar-refractivity contribution is -0.127. The van der Waals surface area contributed by atoms with Crippen LogP contribution in [0, 0.1) is 5.82 Å². The Bertz CT molecular complexity index is 676. The molecule has 2 aromatic rings. The van der Waals surface area contributed by atoms with Crippen LogP contribution in [0.2, 0.25) is 5.02 Å². The van der Waals surface area contributed by atoms with E-state index < -0.39 is 11.7 Å². The van der Waals surface area contributed by atoms with Crippen molar-refractivity contribution in [3.05, 3.63) is 53.2 Å². The van der Waals surface area contributed by atoms with Gasteiger partial charge in [0.2, 0.25) is 5.91 Å². The molecule has 0 aliphatic rings. The van der Waals surface area contributed by atoms with Crippen LogP contribution in [0.15, 0.2) is 41.0 Å². The van der Waals surface area contributed by atoms with E-state index in [1.807, 2.05) is 0 Å². The second-order valence-corrected chi connectivity index (χ2v) is 4.90. The first kappa shape index (κ1) is 16.8. The van der Waals surface area contributed by atoms with Gasteiger partial charge in [-0.25, -0.2) is 4.39 Å². The van der Waals surface area contributed by atoms with E-state index in [2.05, 4.69) is 10.6 Å². The number of hydrogen-bond acceptors (Lipinski definition) is 4. The van der Waals surface area contributed by atoms with Gasteiger partial charge in [0.25, 0.3) is 5.91 Å². The summed E-state index contributed by atoms with van der Waals surface area (Å²) in [5.74, 6) is -0.572. The normalized spacial score (nSPS) is 10.2. The van der Waals surface area contributed by atoms with E-state index in [0.717, 1.165) is 6.07 Å². The Kier molecular flexibility index (Phi) is 5.99. The average Bonchev–Trinajstić information content (AvgIpc) is 3.03. The van der Waals surface area contributed by atoms with Crippen LogP contribution in [0.1, 0.15) is 5.76 Å². The van der Waals surface area contributed by atoms with Gasteiger partial charge in [-0.1, -0.05) is 11.6 Å². The minimum atomic E-state index is -0.501. The average molecular weight is 341 g/mol. The molecule has 0 spiro atoms. The fraction of sp³-hybridized carbons (Fsp3) is 0.200. The Labute approximate surface area is 136 Å². The van der Waals surface area contributed by atoms with Gasteiger partial charge in [0.05, 0.1) is 24.4 Å². The Balaban J connectivity index is 1.67. The molecule has 0 aliphatic carbocycles. The smallest absolute Gasteiger partial charge is 0.258 e. The highest BCUT2D eigenvalue weighted by Gasteiger charge is 2.09. The van der Waals surface area contributed by atoms with Gasteiger partial charge in [-0.05, 0) is 30.3 Å². The van der Waals surface area contributed by atoms with Gasteiger partial charge in [-0.15, -0.1) is 0 Å². The summed E-state index contributed by atoms with van der Waals surface area (Å²) in [6, 6.07) is 7.00. The maximum atomic E-state index is 12.9. The Morgan fingerprint density at radius 1 is 1.22 bits per heavy atom. The quantitative estimate of drug-likeness (QED) is 0.806. The molecule has 0 atom stereocenters. The molecule has 1 aromatic carbocycles. The van der Waals surface area contributed by atoms with Crippen molar-refractivity contribution in [2.75, 3.05) is 13.2 Å². The van der Waals surface area contributed by atoms with E-state index >= 15 is 0 Å². The van der Waals surface area contributed by atoms with E-state index in [1.165, 1.54) is 18.4 Å². The Morgan fingerprint density at radius 3 is 2.74 bits per heavy atom. The first-order chi connectivity index (χ1) is 11.0. The monoisotopic (exact) mass is 340 g/mol. The molecule has 1 aromatic heterocycles. The van der Waals surface area contributed by atoms with Crippen molar-refractivity contribution in [1.29, 1.82) is 0 Å². The zero-order chi connectivity index (χ0) is 16.7. The molecule has 0 saturated carbocycles. The molecule has 23 heavy (non-hydrogen) atoms. The zero-order valence-electron chi connectivity index (χ0n) is 12.0. The highest BCUT2D eigenvalue weighted by molar-refractivity contribution is 6.32. The molecule has 2 amide bonds. The predicted molar refractivity (Wildman–Crippen MR) is 80.5 cm³/mol. The van der Waals surface area contributed by atoms with Crippen molar-refractivity contribution in [3.63, 3.8) is 0 Å². The molecule has 6 nitrogen and oxygen atoms in total. The Morgan fingerprint density at radius 2 is 2.04 bits per heavy atom. The third-order valence-electron chi connectivity index (χ3n) is 2.74. The van der Waals surface area contributed by atoms with Gasteiger partial charge < -0.3 is 19.8 Å². The van der Waals surface area contributed by atoms with Crippen molar-refractivity contribution in [2.24, 2.45) is 0 Å². The summed E-state index contributed by atoms with van der Waals surface area (Å²) in [5.41, 5.74) is 0. The lowest BCUT2D eigenvalue weighted by Crippen LogP contribution is -2.38. The van der Waals surface area contributed by atoms with Gasteiger partial charge >= 0.3 is 0 Å². The summed E-state index contributed by atoms with van der Waals surface area (Å²) in [4.78, 5) is 23.1. The van der Waals surface area contributed by atoms with Gasteiger partial charge in [-0.2, -0.15) is 0 Å². The van der Waals surface area contributed by atoms with Crippen LogP contribution in [-0.2, 0) is 16.1 Å². The lowest BCUT2D eigenvalue weighted by atomic mass is 10.3. The van der Waals surface area contributed by atoms with Gasteiger partial charge in [0.15, 0.2) is 6.61 Å². The van der Waals surface area contributed by atoms with Gasteiger partial charge in [0, 0.05) is 0 Å². The highest BCUT2D eigenvalue weighted by Crippen LogP contribution is 2.24. The second-order valence-electron chi connectivity index (χ2n) is 4.50. The van der Waals surface area contributed by atoms with Crippen molar-refractivity contribution in [2.45, 2.75) is 6.54 Å². The number of amides is 2. The molecular weight excluding hydrogens is 327 g/mol. The minimum absolute atomic E-state index is 0.0639. The maximum absolute atomic E-state index is 12.9. The zero-order valence-corrected chi connectivity index (χ0v) is 12.7. The van der Waals surface area contributed by atoms with Crippen LogP contribution in [0.5, 0.6) is 5.75 Å². The lowest BCUT2D eigenvalue weighted by Gasteiger charge is -2.09. The summed E-state index contributed by atoms with van der Waals surface area (Å²) in [7, 11) is 0. The summed E-state index contributed by atoms with van der Waals surface area (Å²) < 4.78 is 23.1. The second kappa shape index (κ2) is 8.19. The van der Waals surface area contributed by atoms with Crippen LogP contribution < -0.4 is 15.4 Å². The van der Waals surface area contributed by atoms with E-state index in [-0.39, 0.29) is 36.4 Å². The largest absolute Gasteiger partial charge is 0.482 e. The number of carbonyl (C=O) groups excluding carboxylic acids is 2. The summed E-state index contributed by atoms with van der Waals surface area (Å²) in [6.45, 7) is -0.291. The Hall–Kier alpha value is -2.54. The number of rotatable bonds is 7. The summed E-state index contributed by atoms with van der Waals surface area (Å²) >= 11 is 5.76. The van der Waals surface area contributed by atoms with Crippen LogP contribution in [0.3, 0.4) is 0 Å². The predicted octanol–water partition coefficient (Wildman–Crippen LogP) is 1.88. The fourth-order valence-corrected chi connectivity index (χ4v) is 1.85. The first-order valence-corrected chi connectivity index (χ1v) is 7.06. The molecule has 0 unspecified atom stereocenters. The highest BCUT2D eigenvalue weighted by atomic mass is 35.5. The van der Waals surface area contributed by atoms with E-state index in [9.17, 15) is 14.0 Å². The summed E-state index contributed by atoms with van der Waals surface area (Å²) in [5, 5.41) is 5.03. The van der Waals surface area contributed by atoms with Crippen LogP contribution >= 0.6 is 11.6 Å². The number of carbonyl (C=O) groups is 2. The molecule has 0 saturated heterocycles. The van der Waals surface area contributed by atoms with E-state index in [4.69, 9.17) is 20.8 Å². The molecule has 2 rings (SSSR count). The van der Waals surface area contributed by atoms with Gasteiger partial charge in [-0.3, -0.25) is 9.59 Å². The molecule has 2 N–H and O–H groups in total. The first-order valence-electron chi connectivity index (χ1n) is 6.68. The molecule has 1 heterocycles. The number of hydrogen-bond donors (Lipinski definition) is 2. The molecule has 0 bridgehead atoms. The molecular formula is C15H14ClFN2O4. The number of benzene rings is 1. The van der Waals surface area contributed by atoms with Crippen molar-refractivity contribution in [1.82, 2.24) is 10.6 Å². The minimum Gasteiger partial charge on any atom is -0.482 e. The number of halogens is 2. The topological polar surface area (TPSA) is 80.6 Å². The molecule has 0 aliphatic heterocycles. The fourth-order valence-electron chi connectivity index (χ4n) is 1.63. The van der Waals surface area contributed by atoms with Crippen LogP contribution in [0.4, 0.5) is 4.39 Å². The molecule has 122 valence electrons. The van der Waals surface area contributed by atoms with E-state index in [0.29, 0.717) is 5.76 Å².